The van der Waals surface area contributed by atoms with Gasteiger partial charge in [0.1, 0.15) is 23.3 Å². The minimum Gasteiger partial charge on any atom is -0.351 e. The van der Waals surface area contributed by atoms with E-state index in [0.29, 0.717) is 6.20 Å². The molecule has 34 heavy (non-hydrogen) atoms. The number of piperidine rings is 1. The largest absolute Gasteiger partial charge is 0.435 e. The van der Waals surface area contributed by atoms with Crippen molar-refractivity contribution in [3.63, 3.8) is 0 Å². The van der Waals surface area contributed by atoms with Gasteiger partial charge < -0.3 is 9.88 Å². The standard InChI is InChI=1S/C20H19F6N7S/c1-34-33-7-4-12(5-8-33)30-18-28-9-13(19(21,22)23)16(31-18)14-10-32(11-29-14)15-3-2-6-27-17(15)20(24,25)26/h2-3,6,9-12H,4-5,7-8H2,1H3,(H,28,30,31). The van der Waals surface area contributed by atoms with Crippen molar-refractivity contribution in [2.24, 2.45) is 0 Å². The number of nitrogens with one attached hydrogen (secondary N) is 1. The molecule has 1 aliphatic rings. The van der Waals surface area contributed by atoms with Gasteiger partial charge in [0.05, 0.1) is 5.69 Å². The Bertz CT molecular complexity index is 1140. The average Bonchev–Trinajstić information content (AvgIpc) is 3.28. The Hall–Kier alpha value is -2.87. The van der Waals surface area contributed by atoms with Crippen LogP contribution in [0.25, 0.3) is 17.1 Å². The van der Waals surface area contributed by atoms with Crippen molar-refractivity contribution < 1.29 is 26.3 Å². The van der Waals surface area contributed by atoms with Gasteiger partial charge in [-0.25, -0.2) is 19.9 Å². The third-order valence-electron chi connectivity index (χ3n) is 5.30. The van der Waals surface area contributed by atoms with Gasteiger partial charge in [0, 0.05) is 37.7 Å². The Labute approximate surface area is 194 Å². The van der Waals surface area contributed by atoms with Crippen LogP contribution in [-0.2, 0) is 12.4 Å². The molecule has 7 nitrogen and oxygen atoms in total. The summed E-state index contributed by atoms with van der Waals surface area (Å²) >= 11 is 1.63. The van der Waals surface area contributed by atoms with Crippen LogP contribution in [0.2, 0.25) is 0 Å². The molecule has 4 rings (SSSR count). The highest BCUT2D eigenvalue weighted by molar-refractivity contribution is 7.96. The van der Waals surface area contributed by atoms with Gasteiger partial charge in [-0.15, -0.1) is 0 Å². The molecule has 3 aromatic rings. The van der Waals surface area contributed by atoms with E-state index in [4.69, 9.17) is 0 Å². The number of alkyl halides is 6. The Morgan fingerprint density at radius 2 is 1.76 bits per heavy atom. The molecular formula is C20H19F6N7S. The summed E-state index contributed by atoms with van der Waals surface area (Å²) in [5.74, 6) is -0.00231. The van der Waals surface area contributed by atoms with Gasteiger partial charge in [-0.05, 0) is 31.2 Å². The lowest BCUT2D eigenvalue weighted by Gasteiger charge is -2.30. The summed E-state index contributed by atoms with van der Waals surface area (Å²) in [5.41, 5.74) is -3.45. The summed E-state index contributed by atoms with van der Waals surface area (Å²) in [7, 11) is 0. The number of rotatable bonds is 5. The highest BCUT2D eigenvalue weighted by atomic mass is 32.2. The predicted octanol–water partition coefficient (Wildman–Crippen LogP) is 4.92. The molecule has 3 aromatic heterocycles. The number of hydrogen-bond acceptors (Lipinski definition) is 7. The maximum absolute atomic E-state index is 13.7. The van der Waals surface area contributed by atoms with E-state index >= 15 is 0 Å². The molecule has 4 heterocycles. The van der Waals surface area contributed by atoms with Gasteiger partial charge in [-0.2, -0.15) is 26.3 Å². The Morgan fingerprint density at radius 1 is 1.03 bits per heavy atom. The fourth-order valence-corrected chi connectivity index (χ4v) is 4.20. The van der Waals surface area contributed by atoms with Crippen molar-refractivity contribution in [2.45, 2.75) is 31.2 Å². The van der Waals surface area contributed by atoms with Crippen molar-refractivity contribution in [3.8, 4) is 17.1 Å². The van der Waals surface area contributed by atoms with Crippen molar-refractivity contribution in [2.75, 3.05) is 24.7 Å². The summed E-state index contributed by atoms with van der Waals surface area (Å²) in [6, 6.07) is 2.43. The molecule has 0 amide bonds. The second-order valence-electron chi connectivity index (χ2n) is 7.52. The zero-order chi connectivity index (χ0) is 24.5. The number of nitrogens with zero attached hydrogens (tertiary/aromatic N) is 6. The third kappa shape index (κ3) is 5.27. The van der Waals surface area contributed by atoms with Crippen LogP contribution in [0, 0.1) is 0 Å². The van der Waals surface area contributed by atoms with Crippen LogP contribution in [0.1, 0.15) is 24.1 Å². The van der Waals surface area contributed by atoms with E-state index in [1.807, 2.05) is 6.26 Å². The first-order valence-corrected chi connectivity index (χ1v) is 11.3. The molecule has 1 fully saturated rings. The summed E-state index contributed by atoms with van der Waals surface area (Å²) in [6.45, 7) is 1.62. The predicted molar refractivity (Wildman–Crippen MR) is 114 cm³/mol. The van der Waals surface area contributed by atoms with E-state index in [-0.39, 0.29) is 23.4 Å². The Morgan fingerprint density at radius 3 is 2.41 bits per heavy atom. The quantitative estimate of drug-likeness (QED) is 0.392. The van der Waals surface area contributed by atoms with Crippen LogP contribution in [0.3, 0.4) is 0 Å². The minimum atomic E-state index is -4.78. The Kier molecular flexibility index (Phi) is 6.71. The van der Waals surface area contributed by atoms with Crippen LogP contribution < -0.4 is 5.32 Å². The van der Waals surface area contributed by atoms with Crippen molar-refractivity contribution in [1.82, 2.24) is 28.8 Å². The lowest BCUT2D eigenvalue weighted by Crippen LogP contribution is -2.35. The van der Waals surface area contributed by atoms with Crippen molar-refractivity contribution >= 4 is 17.9 Å². The van der Waals surface area contributed by atoms with Crippen molar-refractivity contribution in [1.29, 1.82) is 0 Å². The highest BCUT2D eigenvalue weighted by Crippen LogP contribution is 2.37. The van der Waals surface area contributed by atoms with E-state index in [1.54, 1.807) is 11.9 Å². The number of aromatic nitrogens is 5. The van der Waals surface area contributed by atoms with Gasteiger partial charge in [0.2, 0.25) is 5.95 Å². The Balaban J connectivity index is 1.68. The second kappa shape index (κ2) is 9.41. The van der Waals surface area contributed by atoms with Gasteiger partial charge in [-0.3, -0.25) is 4.31 Å². The summed E-state index contributed by atoms with van der Waals surface area (Å²) in [4.78, 5) is 15.1. The molecule has 0 saturated carbocycles. The fraction of sp³-hybridized carbons (Fsp3) is 0.400. The topological polar surface area (TPSA) is 71.8 Å². The van der Waals surface area contributed by atoms with Crippen molar-refractivity contribution in [3.05, 3.63) is 48.3 Å². The second-order valence-corrected chi connectivity index (χ2v) is 8.40. The minimum absolute atomic E-state index is 0.00231. The molecule has 182 valence electrons. The molecular weight excluding hydrogens is 484 g/mol. The molecule has 0 unspecified atom stereocenters. The summed E-state index contributed by atoms with van der Waals surface area (Å²) in [6.07, 6.45) is -2.35. The van der Waals surface area contributed by atoms with Gasteiger partial charge >= 0.3 is 12.4 Å². The lowest BCUT2D eigenvalue weighted by molar-refractivity contribution is -0.141. The first kappa shape index (κ1) is 24.3. The normalized spacial score (nSPS) is 16.1. The number of imidazole rings is 1. The lowest BCUT2D eigenvalue weighted by atomic mass is 10.1. The molecule has 1 saturated heterocycles. The molecule has 1 aliphatic heterocycles. The average molecular weight is 503 g/mol. The van der Waals surface area contributed by atoms with Crippen LogP contribution in [0.5, 0.6) is 0 Å². The molecule has 0 spiro atoms. The van der Waals surface area contributed by atoms with E-state index in [0.717, 1.165) is 55.3 Å². The summed E-state index contributed by atoms with van der Waals surface area (Å²) in [5, 5.41) is 3.06. The van der Waals surface area contributed by atoms with Crippen LogP contribution in [-0.4, -0.2) is 54.2 Å². The monoisotopic (exact) mass is 503 g/mol. The first-order valence-electron chi connectivity index (χ1n) is 10.1. The van der Waals surface area contributed by atoms with E-state index < -0.39 is 29.3 Å². The highest BCUT2D eigenvalue weighted by Gasteiger charge is 2.38. The zero-order valence-corrected chi connectivity index (χ0v) is 18.5. The van der Waals surface area contributed by atoms with E-state index in [2.05, 4.69) is 29.6 Å². The van der Waals surface area contributed by atoms with Crippen LogP contribution in [0.15, 0.2) is 37.1 Å². The first-order chi connectivity index (χ1) is 16.1. The molecule has 1 N–H and O–H groups in total. The van der Waals surface area contributed by atoms with Crippen LogP contribution in [0.4, 0.5) is 32.3 Å². The molecule has 14 heteroatoms. The number of hydrogen-bond donors (Lipinski definition) is 1. The molecule has 0 bridgehead atoms. The maximum atomic E-state index is 13.7. The SMILES string of the molecule is CSN1CCC(Nc2ncc(C(F)(F)F)c(-c3cn(-c4cccnc4C(F)(F)F)cn3)n2)CC1. The number of pyridine rings is 1. The van der Waals surface area contributed by atoms with E-state index in [1.165, 1.54) is 6.07 Å². The smallest absolute Gasteiger partial charge is 0.351 e. The van der Waals surface area contributed by atoms with Gasteiger partial charge in [-0.1, -0.05) is 11.9 Å². The molecule has 0 radical (unpaired) electrons. The summed E-state index contributed by atoms with van der Waals surface area (Å²) < 4.78 is 84.1. The fourth-order valence-electron chi connectivity index (χ4n) is 3.62. The molecule has 0 atom stereocenters. The number of halogens is 6. The van der Waals surface area contributed by atoms with Crippen LogP contribution >= 0.6 is 11.9 Å². The van der Waals surface area contributed by atoms with E-state index in [9.17, 15) is 26.3 Å². The van der Waals surface area contributed by atoms with Gasteiger partial charge in [0.25, 0.3) is 0 Å². The third-order valence-corrected chi connectivity index (χ3v) is 6.18. The zero-order valence-electron chi connectivity index (χ0n) is 17.7. The molecule has 0 aromatic carbocycles. The molecule has 0 aliphatic carbocycles. The maximum Gasteiger partial charge on any atom is 0.435 e. The van der Waals surface area contributed by atoms with Gasteiger partial charge in [0.15, 0.2) is 5.69 Å². The number of anilines is 1.